The predicted octanol–water partition coefficient (Wildman–Crippen LogP) is 2.12. The molecule has 0 radical (unpaired) electrons. The van der Waals surface area contributed by atoms with E-state index in [9.17, 15) is 9.90 Å². The minimum absolute atomic E-state index is 0.149. The summed E-state index contributed by atoms with van der Waals surface area (Å²) in [7, 11) is 0. The average Bonchev–Trinajstić information content (AvgIpc) is 3.14. The second-order valence-electron chi connectivity index (χ2n) is 6.54. The van der Waals surface area contributed by atoms with Gasteiger partial charge in [-0.3, -0.25) is 0 Å². The van der Waals surface area contributed by atoms with Crippen LogP contribution in [0.3, 0.4) is 0 Å². The van der Waals surface area contributed by atoms with E-state index in [2.05, 4.69) is 15.3 Å². The fourth-order valence-electron chi connectivity index (χ4n) is 2.89. The molecule has 1 aromatic heterocycles. The van der Waals surface area contributed by atoms with E-state index in [-0.39, 0.29) is 12.1 Å². The normalized spacial score (nSPS) is 22.4. The maximum atomic E-state index is 12.4. The Labute approximate surface area is 124 Å². The molecule has 2 fully saturated rings. The number of aromatic nitrogens is 2. The maximum absolute atomic E-state index is 12.4. The average molecular weight is 290 g/mol. The van der Waals surface area contributed by atoms with E-state index in [0.717, 1.165) is 31.5 Å². The third kappa shape index (κ3) is 3.15. The van der Waals surface area contributed by atoms with Crippen LogP contribution in [0.5, 0.6) is 0 Å². The second-order valence-corrected chi connectivity index (χ2v) is 6.54. The van der Waals surface area contributed by atoms with Crippen molar-refractivity contribution >= 4 is 11.7 Å². The van der Waals surface area contributed by atoms with Crippen LogP contribution < -0.4 is 5.32 Å². The molecule has 2 heterocycles. The number of urea groups is 1. The summed E-state index contributed by atoms with van der Waals surface area (Å²) in [6.07, 6.45) is 7.38. The van der Waals surface area contributed by atoms with Gasteiger partial charge in [0.2, 0.25) is 0 Å². The number of hydrogen-bond donors (Lipinski definition) is 2. The van der Waals surface area contributed by atoms with Gasteiger partial charge in [-0.25, -0.2) is 14.8 Å². The van der Waals surface area contributed by atoms with Crippen LogP contribution in [0, 0.1) is 0 Å². The lowest BCUT2D eigenvalue weighted by molar-refractivity contribution is 0.0117. The monoisotopic (exact) mass is 290 g/mol. The molecular weight excluding hydrogens is 268 g/mol. The molecule has 0 aromatic carbocycles. The van der Waals surface area contributed by atoms with Gasteiger partial charge in [0.25, 0.3) is 0 Å². The van der Waals surface area contributed by atoms with E-state index >= 15 is 0 Å². The zero-order valence-corrected chi connectivity index (χ0v) is 12.5. The first kappa shape index (κ1) is 14.3. The molecule has 0 spiro atoms. The van der Waals surface area contributed by atoms with Crippen molar-refractivity contribution in [2.24, 2.45) is 0 Å². The van der Waals surface area contributed by atoms with Gasteiger partial charge in [-0.15, -0.1) is 0 Å². The fourth-order valence-corrected chi connectivity index (χ4v) is 2.89. The molecule has 6 nitrogen and oxygen atoms in total. The minimum atomic E-state index is -0.889. The first-order valence-electron chi connectivity index (χ1n) is 7.57. The number of likely N-dealkylation sites (tertiary alicyclic amines) is 1. The lowest BCUT2D eigenvalue weighted by Gasteiger charge is -2.33. The van der Waals surface area contributed by atoms with Gasteiger partial charge in [0.05, 0.1) is 29.7 Å². The predicted molar refractivity (Wildman–Crippen MR) is 79.1 cm³/mol. The lowest BCUT2D eigenvalue weighted by atomic mass is 9.97. The van der Waals surface area contributed by atoms with Crippen molar-refractivity contribution in [1.29, 1.82) is 0 Å². The molecule has 1 saturated heterocycles. The maximum Gasteiger partial charge on any atom is 0.322 e. The molecule has 1 atom stereocenters. The van der Waals surface area contributed by atoms with Gasteiger partial charge >= 0.3 is 6.03 Å². The Morgan fingerprint density at radius 1 is 1.33 bits per heavy atom. The molecule has 2 amide bonds. The molecule has 0 bridgehead atoms. The van der Waals surface area contributed by atoms with Crippen LogP contribution in [0.25, 0.3) is 0 Å². The topological polar surface area (TPSA) is 78.4 Å². The number of amides is 2. The smallest absolute Gasteiger partial charge is 0.322 e. The van der Waals surface area contributed by atoms with Crippen LogP contribution in [0.1, 0.15) is 51.3 Å². The van der Waals surface area contributed by atoms with Gasteiger partial charge in [0.1, 0.15) is 5.82 Å². The third-order valence-corrected chi connectivity index (χ3v) is 4.19. The van der Waals surface area contributed by atoms with E-state index in [4.69, 9.17) is 0 Å². The number of nitrogens with zero attached hydrogens (tertiary/aromatic N) is 3. The van der Waals surface area contributed by atoms with Crippen LogP contribution in [-0.2, 0) is 0 Å². The Bertz CT molecular complexity index is 519. The molecule has 2 aliphatic rings. The molecule has 1 aliphatic carbocycles. The van der Waals surface area contributed by atoms with Crippen LogP contribution in [-0.4, -0.2) is 44.2 Å². The lowest BCUT2D eigenvalue weighted by Crippen LogP contribution is -2.49. The number of hydrogen-bond acceptors (Lipinski definition) is 4. The van der Waals surface area contributed by atoms with Crippen molar-refractivity contribution in [1.82, 2.24) is 14.9 Å². The summed E-state index contributed by atoms with van der Waals surface area (Å²) in [6.45, 7) is 4.16. The van der Waals surface area contributed by atoms with Crippen LogP contribution >= 0.6 is 0 Å². The Hall–Kier alpha value is -1.69. The molecular formula is C15H22N4O2. The van der Waals surface area contributed by atoms with E-state index in [1.54, 1.807) is 31.1 Å². The molecule has 1 saturated carbocycles. The zero-order valence-electron chi connectivity index (χ0n) is 12.5. The Morgan fingerprint density at radius 3 is 2.57 bits per heavy atom. The molecule has 2 N–H and O–H groups in total. The quantitative estimate of drug-likeness (QED) is 0.893. The number of nitrogens with one attached hydrogen (secondary N) is 1. The van der Waals surface area contributed by atoms with Gasteiger partial charge in [-0.05, 0) is 39.5 Å². The Balaban J connectivity index is 1.65. The molecule has 1 aromatic rings. The van der Waals surface area contributed by atoms with Crippen LogP contribution in [0.4, 0.5) is 10.5 Å². The van der Waals surface area contributed by atoms with Crippen molar-refractivity contribution in [3.8, 4) is 0 Å². The number of rotatable bonds is 3. The highest BCUT2D eigenvalue weighted by atomic mass is 16.3. The van der Waals surface area contributed by atoms with Crippen molar-refractivity contribution in [2.45, 2.75) is 57.1 Å². The van der Waals surface area contributed by atoms with Crippen LogP contribution in [0.2, 0.25) is 0 Å². The van der Waals surface area contributed by atoms with E-state index in [1.165, 1.54) is 0 Å². The molecule has 21 heavy (non-hydrogen) atoms. The summed E-state index contributed by atoms with van der Waals surface area (Å²) in [5, 5.41) is 13.0. The summed E-state index contributed by atoms with van der Waals surface area (Å²) in [5.74, 6) is 1.37. The highest BCUT2D eigenvalue weighted by molar-refractivity contribution is 5.89. The highest BCUT2D eigenvalue weighted by Crippen LogP contribution is 2.37. The SMILES string of the molecule is CC(C)(O)C1CCCN1C(=O)Nc1cnc(C2CC2)nc1. The van der Waals surface area contributed by atoms with E-state index in [0.29, 0.717) is 18.2 Å². The van der Waals surface area contributed by atoms with Gasteiger partial charge in [-0.1, -0.05) is 0 Å². The molecule has 1 aliphatic heterocycles. The minimum Gasteiger partial charge on any atom is -0.388 e. The summed E-state index contributed by atoms with van der Waals surface area (Å²) in [5.41, 5.74) is -0.286. The van der Waals surface area contributed by atoms with Gasteiger partial charge in [-0.2, -0.15) is 0 Å². The summed E-state index contributed by atoms with van der Waals surface area (Å²) in [6, 6.07) is -0.341. The molecule has 6 heteroatoms. The second kappa shape index (κ2) is 5.26. The Morgan fingerprint density at radius 2 is 2.00 bits per heavy atom. The number of carbonyl (C=O) groups is 1. The van der Waals surface area contributed by atoms with Crippen molar-refractivity contribution in [3.63, 3.8) is 0 Å². The zero-order chi connectivity index (χ0) is 15.0. The first-order valence-corrected chi connectivity index (χ1v) is 7.57. The third-order valence-electron chi connectivity index (χ3n) is 4.19. The highest BCUT2D eigenvalue weighted by Gasteiger charge is 2.38. The van der Waals surface area contributed by atoms with E-state index < -0.39 is 5.60 Å². The largest absolute Gasteiger partial charge is 0.388 e. The van der Waals surface area contributed by atoms with Crippen LogP contribution in [0.15, 0.2) is 12.4 Å². The molecule has 3 rings (SSSR count). The van der Waals surface area contributed by atoms with Gasteiger partial charge in [0.15, 0.2) is 0 Å². The van der Waals surface area contributed by atoms with Crippen molar-refractivity contribution in [2.75, 3.05) is 11.9 Å². The number of aliphatic hydroxyl groups is 1. The molecule has 114 valence electrons. The van der Waals surface area contributed by atoms with Crippen molar-refractivity contribution < 1.29 is 9.90 Å². The summed E-state index contributed by atoms with van der Waals surface area (Å²) >= 11 is 0. The summed E-state index contributed by atoms with van der Waals surface area (Å²) in [4.78, 5) is 22.6. The van der Waals surface area contributed by atoms with Gasteiger partial charge in [0, 0.05) is 12.5 Å². The molecule has 1 unspecified atom stereocenters. The number of anilines is 1. The summed E-state index contributed by atoms with van der Waals surface area (Å²) < 4.78 is 0. The Kier molecular flexibility index (Phi) is 3.57. The van der Waals surface area contributed by atoms with E-state index in [1.807, 2.05) is 0 Å². The van der Waals surface area contributed by atoms with Gasteiger partial charge < -0.3 is 15.3 Å². The fraction of sp³-hybridized carbons (Fsp3) is 0.667. The number of carbonyl (C=O) groups excluding carboxylic acids is 1. The standard InChI is InChI=1S/C15H22N4O2/c1-15(2,21)12-4-3-7-19(12)14(20)18-11-8-16-13(17-9-11)10-5-6-10/h8-10,12,21H,3-7H2,1-2H3,(H,18,20). The van der Waals surface area contributed by atoms with Crippen molar-refractivity contribution in [3.05, 3.63) is 18.2 Å². The first-order chi connectivity index (χ1) is 9.95.